The summed E-state index contributed by atoms with van der Waals surface area (Å²) < 4.78 is 6.02. The number of H-pyrrole nitrogens is 1. The summed E-state index contributed by atoms with van der Waals surface area (Å²) in [4.78, 5) is 14.8. The van der Waals surface area contributed by atoms with Gasteiger partial charge in [0.2, 0.25) is 0 Å². The highest BCUT2D eigenvalue weighted by molar-refractivity contribution is 6.30. The maximum Gasteiger partial charge on any atom is 0.274 e. The molecule has 0 spiro atoms. The maximum absolute atomic E-state index is 12.9. The molecule has 5 rings (SSSR count). The van der Waals surface area contributed by atoms with Crippen LogP contribution >= 0.6 is 11.6 Å². The van der Waals surface area contributed by atoms with Crippen molar-refractivity contribution >= 4 is 17.5 Å². The number of benzene rings is 1. The van der Waals surface area contributed by atoms with E-state index in [2.05, 4.69) is 10.2 Å². The van der Waals surface area contributed by atoms with Crippen LogP contribution < -0.4 is 4.74 Å². The van der Waals surface area contributed by atoms with Gasteiger partial charge in [-0.25, -0.2) is 0 Å². The van der Waals surface area contributed by atoms with Crippen LogP contribution in [0.25, 0.3) is 0 Å². The summed E-state index contributed by atoms with van der Waals surface area (Å²) in [5, 5.41) is 18.4. The third-order valence-corrected chi connectivity index (χ3v) is 6.52. The van der Waals surface area contributed by atoms with Gasteiger partial charge in [-0.2, -0.15) is 5.10 Å². The molecule has 6 nitrogen and oxygen atoms in total. The largest absolute Gasteiger partial charge is 0.488 e. The molecule has 2 N–H and O–H groups in total. The molecule has 1 aliphatic heterocycles. The molecule has 4 atom stereocenters. The van der Waals surface area contributed by atoms with E-state index in [1.807, 2.05) is 23.1 Å². The number of aromatic amines is 1. The third kappa shape index (κ3) is 3.51. The number of halogens is 1. The molecule has 7 heteroatoms. The number of likely N-dealkylation sites (tertiary alicyclic amines) is 1. The highest BCUT2D eigenvalue weighted by Gasteiger charge is 2.44. The van der Waals surface area contributed by atoms with Gasteiger partial charge in [-0.1, -0.05) is 17.7 Å². The number of fused-ring (bicyclic) bond motifs is 1. The van der Waals surface area contributed by atoms with Crippen molar-refractivity contribution in [1.29, 1.82) is 0 Å². The molecule has 0 bridgehead atoms. The second-order valence-corrected chi connectivity index (χ2v) is 8.80. The number of rotatable bonds is 4. The Balaban J connectivity index is 1.24. The zero-order valence-corrected chi connectivity index (χ0v) is 16.3. The molecule has 1 amide bonds. The molecular formula is C21H24ClN3O3. The number of hydrogen-bond donors (Lipinski definition) is 2. The molecule has 2 aromatic rings. The minimum absolute atomic E-state index is 0.0145. The van der Waals surface area contributed by atoms with Gasteiger partial charge < -0.3 is 14.7 Å². The first-order chi connectivity index (χ1) is 13.6. The zero-order chi connectivity index (χ0) is 19.3. The monoisotopic (exact) mass is 401 g/mol. The summed E-state index contributed by atoms with van der Waals surface area (Å²) in [6, 6.07) is 9.16. The van der Waals surface area contributed by atoms with Crippen molar-refractivity contribution in [2.45, 2.75) is 43.8 Å². The van der Waals surface area contributed by atoms with E-state index in [1.54, 1.807) is 12.1 Å². The fourth-order valence-corrected chi connectivity index (χ4v) is 4.79. The van der Waals surface area contributed by atoms with Crippen LogP contribution in [0, 0.1) is 11.8 Å². The van der Waals surface area contributed by atoms with Gasteiger partial charge in [-0.3, -0.25) is 9.89 Å². The number of aliphatic hydroxyl groups excluding tert-OH is 1. The van der Waals surface area contributed by atoms with Crippen LogP contribution in [0.2, 0.25) is 5.02 Å². The SMILES string of the molecule is O=C(c1cc(C2CC2)[nH]n1)N1C[C@H]2C[C@@H](Oc3cccc(Cl)c3)[C@H](O)C[C@H]2C1. The van der Waals surface area contributed by atoms with Crippen LogP contribution in [0.4, 0.5) is 0 Å². The first-order valence-corrected chi connectivity index (χ1v) is 10.4. The van der Waals surface area contributed by atoms with E-state index in [0.29, 0.717) is 53.7 Å². The van der Waals surface area contributed by atoms with Gasteiger partial charge in [-0.05, 0) is 61.8 Å². The van der Waals surface area contributed by atoms with E-state index in [9.17, 15) is 9.90 Å². The molecule has 1 aromatic heterocycles. The van der Waals surface area contributed by atoms with E-state index in [0.717, 1.165) is 12.1 Å². The molecule has 2 aliphatic carbocycles. The summed E-state index contributed by atoms with van der Waals surface area (Å²) in [6.45, 7) is 1.37. The van der Waals surface area contributed by atoms with Crippen LogP contribution in [-0.4, -0.2) is 51.4 Å². The summed E-state index contributed by atoms with van der Waals surface area (Å²) in [7, 11) is 0. The second-order valence-electron chi connectivity index (χ2n) is 8.37. The van der Waals surface area contributed by atoms with Crippen LogP contribution in [0.1, 0.15) is 47.8 Å². The van der Waals surface area contributed by atoms with E-state index in [4.69, 9.17) is 16.3 Å². The average Bonchev–Trinajstić information content (AvgIpc) is 3.26. The van der Waals surface area contributed by atoms with E-state index < -0.39 is 6.10 Å². The van der Waals surface area contributed by atoms with Crippen molar-refractivity contribution in [1.82, 2.24) is 15.1 Å². The topological polar surface area (TPSA) is 78.5 Å². The molecule has 2 heterocycles. The zero-order valence-electron chi connectivity index (χ0n) is 15.6. The normalized spacial score (nSPS) is 29.6. The Morgan fingerprint density at radius 1 is 1.21 bits per heavy atom. The number of amides is 1. The lowest BCUT2D eigenvalue weighted by Gasteiger charge is -2.35. The number of aromatic nitrogens is 2. The summed E-state index contributed by atoms with van der Waals surface area (Å²) in [6.07, 6.45) is 2.91. The van der Waals surface area contributed by atoms with Gasteiger partial charge in [0.05, 0.1) is 6.10 Å². The number of carbonyl (C=O) groups excluding carboxylic acids is 1. The fourth-order valence-electron chi connectivity index (χ4n) is 4.61. The standard InChI is InChI=1S/C21H24ClN3O3/c22-15-2-1-3-16(8-15)28-20-7-14-11-25(10-13(14)6-19(20)26)21(27)18-9-17(23-24-18)12-4-5-12/h1-3,8-9,12-14,19-20,26H,4-7,10-11H2,(H,23,24)/t13-,14+,19+,20+/m0/s1. The van der Waals surface area contributed by atoms with Gasteiger partial charge >= 0.3 is 0 Å². The average molecular weight is 402 g/mol. The van der Waals surface area contributed by atoms with Crippen LogP contribution in [0.3, 0.4) is 0 Å². The van der Waals surface area contributed by atoms with Crippen LogP contribution in [0.15, 0.2) is 30.3 Å². The van der Waals surface area contributed by atoms with E-state index in [1.165, 1.54) is 12.8 Å². The molecule has 1 aromatic carbocycles. The molecule has 0 unspecified atom stereocenters. The van der Waals surface area contributed by atoms with Crippen molar-refractivity contribution in [2.24, 2.45) is 11.8 Å². The first kappa shape index (κ1) is 18.0. The van der Waals surface area contributed by atoms with E-state index >= 15 is 0 Å². The van der Waals surface area contributed by atoms with Crippen molar-refractivity contribution < 1.29 is 14.6 Å². The number of carbonyl (C=O) groups is 1. The highest BCUT2D eigenvalue weighted by Crippen LogP contribution is 2.40. The summed E-state index contributed by atoms with van der Waals surface area (Å²) in [5.41, 5.74) is 1.58. The van der Waals surface area contributed by atoms with Crippen molar-refractivity contribution in [3.8, 4) is 5.75 Å². The lowest BCUT2D eigenvalue weighted by molar-refractivity contribution is -0.0231. The van der Waals surface area contributed by atoms with E-state index in [-0.39, 0.29) is 12.0 Å². The van der Waals surface area contributed by atoms with Gasteiger partial charge in [0.25, 0.3) is 5.91 Å². The predicted molar refractivity (Wildman–Crippen MR) is 105 cm³/mol. The first-order valence-electron chi connectivity index (χ1n) is 10.0. The smallest absolute Gasteiger partial charge is 0.274 e. The Bertz CT molecular complexity index is 881. The molecule has 148 valence electrons. The minimum Gasteiger partial charge on any atom is -0.488 e. The Kier molecular flexibility index (Phi) is 4.56. The highest BCUT2D eigenvalue weighted by atomic mass is 35.5. The molecule has 1 saturated heterocycles. The molecule has 3 fully saturated rings. The molecule has 0 radical (unpaired) electrons. The summed E-state index contributed by atoms with van der Waals surface area (Å²) >= 11 is 6.03. The Morgan fingerprint density at radius 3 is 2.75 bits per heavy atom. The van der Waals surface area contributed by atoms with Gasteiger partial charge in [0.15, 0.2) is 0 Å². The Morgan fingerprint density at radius 2 is 2.00 bits per heavy atom. The predicted octanol–water partition coefficient (Wildman–Crippen LogP) is 3.23. The number of nitrogens with zero attached hydrogens (tertiary/aromatic N) is 2. The molecular weight excluding hydrogens is 378 g/mol. The number of hydrogen-bond acceptors (Lipinski definition) is 4. The fraction of sp³-hybridized carbons (Fsp3) is 0.524. The van der Waals surface area contributed by atoms with Crippen molar-refractivity contribution in [3.63, 3.8) is 0 Å². The van der Waals surface area contributed by atoms with Crippen molar-refractivity contribution in [3.05, 3.63) is 46.7 Å². The Labute approximate surface area is 168 Å². The lowest BCUT2D eigenvalue weighted by Crippen LogP contribution is -2.42. The number of aliphatic hydroxyl groups is 1. The quantitative estimate of drug-likeness (QED) is 0.824. The number of nitrogens with one attached hydrogen (secondary N) is 1. The number of ether oxygens (including phenoxy) is 1. The van der Waals surface area contributed by atoms with Gasteiger partial charge in [0, 0.05) is 29.7 Å². The van der Waals surface area contributed by atoms with Crippen LogP contribution in [-0.2, 0) is 0 Å². The van der Waals surface area contributed by atoms with Gasteiger partial charge in [-0.15, -0.1) is 0 Å². The third-order valence-electron chi connectivity index (χ3n) is 6.29. The Hall–Kier alpha value is -2.05. The van der Waals surface area contributed by atoms with Gasteiger partial charge in [0.1, 0.15) is 17.5 Å². The molecule has 2 saturated carbocycles. The van der Waals surface area contributed by atoms with Crippen molar-refractivity contribution in [2.75, 3.05) is 13.1 Å². The lowest BCUT2D eigenvalue weighted by atomic mass is 9.78. The summed E-state index contributed by atoms with van der Waals surface area (Å²) in [5.74, 6) is 1.84. The second kappa shape index (κ2) is 7.08. The molecule has 3 aliphatic rings. The minimum atomic E-state index is -0.540. The van der Waals surface area contributed by atoms with Crippen LogP contribution in [0.5, 0.6) is 5.75 Å². The molecule has 28 heavy (non-hydrogen) atoms. The maximum atomic E-state index is 12.9.